The average Bonchev–Trinajstić information content (AvgIpc) is 4.16. The molecule has 79 heavy (non-hydrogen) atoms. The molecule has 0 aliphatic carbocycles. The second-order valence-corrected chi connectivity index (χ2v) is 20.4. The number of aromatic nitrogens is 4. The summed E-state index contributed by atoms with van der Waals surface area (Å²) in [4.78, 5) is 64.5. The maximum Gasteiger partial charge on any atom is 0.226 e. The number of nitrogens with one attached hydrogen (secondary N) is 2. The standard InChI is InChI=1S/C33H37N5O2.C32H35N5O2/c1-4-24(3)31(22-37(33(40)5-2)21-28-11-8-10-27-9-6-7-12-30(27)28)36-32(39)17-29-19-35-23-38(29)20-26-15-13-25(18-34)14-16-26;1-4-23(2)31(21-36(24(3)38)20-28-10-7-9-27-8-5-6-11-30(27)28)35-32(39)16-29-18-34-22-37(29)19-26-14-12-25(17-33)13-15-26/h6-16,19,23-24,31H,4-5,17,20-22H2,1-3H3,(H,36,39);5-15,18,22-23,31H,4,16,19-21H2,1-3H3,(H,35,39)/t;23-,31+/m.0/s1. The zero-order valence-corrected chi connectivity index (χ0v) is 46.3. The fourth-order valence-corrected chi connectivity index (χ4v) is 9.72. The fraction of sp³-hybridized carbons (Fsp3) is 0.323. The Bertz CT molecular complexity index is 3390. The highest BCUT2D eigenvalue weighted by molar-refractivity contribution is 5.87. The van der Waals surface area contributed by atoms with E-state index in [9.17, 15) is 19.2 Å². The van der Waals surface area contributed by atoms with E-state index in [4.69, 9.17) is 10.5 Å². The number of benzene rings is 6. The van der Waals surface area contributed by atoms with E-state index in [0.29, 0.717) is 56.8 Å². The smallest absolute Gasteiger partial charge is 0.226 e. The lowest BCUT2D eigenvalue weighted by molar-refractivity contribution is -0.133. The monoisotopic (exact) mass is 1060 g/mol. The molecule has 0 radical (unpaired) electrons. The summed E-state index contributed by atoms with van der Waals surface area (Å²) in [6, 6.07) is 47.4. The first-order valence-electron chi connectivity index (χ1n) is 27.3. The summed E-state index contributed by atoms with van der Waals surface area (Å²) < 4.78 is 3.90. The molecule has 0 fully saturated rings. The van der Waals surface area contributed by atoms with Crippen LogP contribution in [-0.2, 0) is 58.2 Å². The van der Waals surface area contributed by atoms with Gasteiger partial charge in [-0.2, -0.15) is 10.5 Å². The molecule has 0 aliphatic heterocycles. The van der Waals surface area contributed by atoms with E-state index in [1.165, 1.54) is 0 Å². The van der Waals surface area contributed by atoms with Crippen molar-refractivity contribution in [2.24, 2.45) is 11.8 Å². The van der Waals surface area contributed by atoms with Gasteiger partial charge in [-0.1, -0.05) is 157 Å². The number of nitrogens with zero attached hydrogens (tertiary/aromatic N) is 8. The third-order valence-electron chi connectivity index (χ3n) is 14.9. The van der Waals surface area contributed by atoms with E-state index in [1.807, 2.05) is 86.5 Å². The molecule has 4 amide bonds. The molecule has 0 saturated carbocycles. The molecule has 0 bridgehead atoms. The highest BCUT2D eigenvalue weighted by atomic mass is 16.2. The van der Waals surface area contributed by atoms with Crippen molar-refractivity contribution >= 4 is 45.2 Å². The molecular formula is C65H72N10O4. The first-order chi connectivity index (χ1) is 38.3. The highest BCUT2D eigenvalue weighted by Gasteiger charge is 2.26. The van der Waals surface area contributed by atoms with E-state index in [0.717, 1.165) is 68.0 Å². The number of rotatable bonds is 23. The number of nitriles is 2. The minimum absolute atomic E-state index is 0.0222. The van der Waals surface area contributed by atoms with Crippen LogP contribution < -0.4 is 10.6 Å². The Kier molecular flexibility index (Phi) is 20.8. The lowest BCUT2D eigenvalue weighted by Gasteiger charge is -2.32. The lowest BCUT2D eigenvalue weighted by Crippen LogP contribution is -2.49. The summed E-state index contributed by atoms with van der Waals surface area (Å²) in [7, 11) is 0. The molecule has 2 unspecified atom stereocenters. The van der Waals surface area contributed by atoms with Crippen molar-refractivity contribution in [2.75, 3.05) is 13.1 Å². The summed E-state index contributed by atoms with van der Waals surface area (Å²) in [5.74, 6) is 0.220. The fourth-order valence-electron chi connectivity index (χ4n) is 9.72. The van der Waals surface area contributed by atoms with Crippen molar-refractivity contribution in [3.05, 3.63) is 203 Å². The molecule has 14 nitrogen and oxygen atoms in total. The third-order valence-corrected chi connectivity index (χ3v) is 14.9. The van der Waals surface area contributed by atoms with Gasteiger partial charge >= 0.3 is 0 Å². The van der Waals surface area contributed by atoms with Crippen molar-refractivity contribution in [3.63, 3.8) is 0 Å². The number of fused-ring (bicyclic) bond motifs is 2. The molecule has 406 valence electrons. The van der Waals surface area contributed by atoms with Gasteiger partial charge in [0.05, 0.1) is 48.8 Å². The van der Waals surface area contributed by atoms with Crippen LogP contribution in [0.2, 0.25) is 0 Å². The summed E-state index contributed by atoms with van der Waals surface area (Å²) in [6.45, 7) is 14.9. The second kappa shape index (κ2) is 28.5. The molecule has 14 heteroatoms. The molecule has 0 aliphatic rings. The van der Waals surface area contributed by atoms with Gasteiger partial charge in [-0.25, -0.2) is 9.97 Å². The summed E-state index contributed by atoms with van der Waals surface area (Å²) in [6.07, 6.45) is 9.40. The minimum Gasteiger partial charge on any atom is -0.351 e. The first kappa shape index (κ1) is 57.8. The van der Waals surface area contributed by atoms with Gasteiger partial charge in [-0.05, 0) is 79.9 Å². The number of carbonyl (C=O) groups excluding carboxylic acids is 4. The molecule has 8 rings (SSSR count). The van der Waals surface area contributed by atoms with Crippen LogP contribution >= 0.6 is 0 Å². The van der Waals surface area contributed by atoms with E-state index in [-0.39, 0.29) is 60.4 Å². The number of carbonyl (C=O) groups is 4. The summed E-state index contributed by atoms with van der Waals surface area (Å²) >= 11 is 0. The Balaban J connectivity index is 0.000000229. The highest BCUT2D eigenvalue weighted by Crippen LogP contribution is 2.24. The molecular weight excluding hydrogens is 985 g/mol. The number of amides is 4. The Labute approximate surface area is 464 Å². The predicted molar refractivity (Wildman–Crippen MR) is 310 cm³/mol. The van der Waals surface area contributed by atoms with Crippen molar-refractivity contribution in [1.29, 1.82) is 10.5 Å². The third kappa shape index (κ3) is 16.1. The molecule has 2 heterocycles. The van der Waals surface area contributed by atoms with Gasteiger partial charge < -0.3 is 29.6 Å². The Morgan fingerprint density at radius 1 is 0.557 bits per heavy atom. The van der Waals surface area contributed by atoms with Crippen LogP contribution in [-0.4, -0.2) is 77.7 Å². The molecule has 8 aromatic rings. The number of hydrogen-bond acceptors (Lipinski definition) is 8. The van der Waals surface area contributed by atoms with Crippen molar-refractivity contribution < 1.29 is 19.2 Å². The molecule has 2 aromatic heterocycles. The maximum atomic E-state index is 13.3. The van der Waals surface area contributed by atoms with Gasteiger partial charge in [0.1, 0.15) is 0 Å². The van der Waals surface area contributed by atoms with Crippen LogP contribution in [0.1, 0.15) is 106 Å². The van der Waals surface area contributed by atoms with Crippen LogP contribution in [0.3, 0.4) is 0 Å². The van der Waals surface area contributed by atoms with Crippen LogP contribution in [0.15, 0.2) is 159 Å². The maximum absolute atomic E-state index is 13.3. The van der Waals surface area contributed by atoms with Crippen molar-refractivity contribution in [3.8, 4) is 12.1 Å². The largest absolute Gasteiger partial charge is 0.351 e. The molecule has 4 atom stereocenters. The Morgan fingerprint density at radius 3 is 1.37 bits per heavy atom. The van der Waals surface area contributed by atoms with E-state index >= 15 is 0 Å². The normalized spacial score (nSPS) is 12.5. The topological polar surface area (TPSA) is 182 Å². The summed E-state index contributed by atoms with van der Waals surface area (Å²) in [5.41, 5.74) is 7.07. The van der Waals surface area contributed by atoms with Gasteiger partial charge in [0, 0.05) is 88.5 Å². The summed E-state index contributed by atoms with van der Waals surface area (Å²) in [5, 5.41) is 29.1. The lowest BCUT2D eigenvalue weighted by atomic mass is 9.97. The minimum atomic E-state index is -0.184. The van der Waals surface area contributed by atoms with E-state index in [1.54, 1.807) is 56.2 Å². The second-order valence-electron chi connectivity index (χ2n) is 20.4. The van der Waals surface area contributed by atoms with Gasteiger partial charge in [-0.3, -0.25) is 19.2 Å². The zero-order valence-electron chi connectivity index (χ0n) is 46.3. The van der Waals surface area contributed by atoms with Crippen LogP contribution in [0, 0.1) is 34.5 Å². The van der Waals surface area contributed by atoms with Crippen molar-refractivity contribution in [1.82, 2.24) is 39.5 Å². The van der Waals surface area contributed by atoms with E-state index in [2.05, 4.69) is 109 Å². The number of hydrogen-bond donors (Lipinski definition) is 2. The first-order valence-corrected chi connectivity index (χ1v) is 27.3. The molecule has 2 N–H and O–H groups in total. The Morgan fingerprint density at radius 2 is 0.962 bits per heavy atom. The van der Waals surface area contributed by atoms with Crippen LogP contribution in [0.4, 0.5) is 0 Å². The van der Waals surface area contributed by atoms with Gasteiger partial charge in [-0.15, -0.1) is 0 Å². The van der Waals surface area contributed by atoms with Crippen LogP contribution in [0.25, 0.3) is 21.5 Å². The van der Waals surface area contributed by atoms with Gasteiger partial charge in [0.25, 0.3) is 0 Å². The molecule has 6 aromatic carbocycles. The zero-order chi connectivity index (χ0) is 56.3. The van der Waals surface area contributed by atoms with Gasteiger partial charge in [0.15, 0.2) is 0 Å². The van der Waals surface area contributed by atoms with Crippen LogP contribution in [0.5, 0.6) is 0 Å². The SMILES string of the molecule is CCC(=O)N(Cc1cccc2ccccc12)CC(NC(=O)Cc1cncn1Cc1ccc(C#N)cc1)C(C)CC.CC[C@H](C)[C@@H](CN(Cc1cccc2ccccc12)C(C)=O)NC(=O)Cc1cncn1Cc1ccc(C#N)cc1. The van der Waals surface area contributed by atoms with E-state index < -0.39 is 0 Å². The van der Waals surface area contributed by atoms with Gasteiger partial charge in [0.2, 0.25) is 23.6 Å². The number of imidazole rings is 2. The quantitative estimate of drug-likeness (QED) is 0.0634. The molecule has 0 saturated heterocycles. The Hall–Kier alpha value is -8.88. The molecule has 0 spiro atoms. The van der Waals surface area contributed by atoms with Crippen molar-refractivity contribution in [2.45, 2.75) is 112 Å². The predicted octanol–water partition coefficient (Wildman–Crippen LogP) is 10.5. The average molecular weight is 1060 g/mol.